The largest absolute Gasteiger partial charge is 0.396 e. The van der Waals surface area contributed by atoms with E-state index in [2.05, 4.69) is 4.72 Å². The number of ether oxygens (including phenoxy) is 1. The molecule has 0 spiro atoms. The molecule has 106 valence electrons. The number of anilines is 1. The Hall–Kier alpha value is -0.890. The molecule has 0 radical (unpaired) electrons. The van der Waals surface area contributed by atoms with Gasteiger partial charge in [0.1, 0.15) is 10.7 Å². The van der Waals surface area contributed by atoms with E-state index in [0.717, 1.165) is 12.1 Å². The van der Waals surface area contributed by atoms with Crippen LogP contribution in [-0.2, 0) is 14.8 Å². The molecular weight excluding hydrogens is 295 g/mol. The van der Waals surface area contributed by atoms with Gasteiger partial charge in [0, 0.05) is 19.3 Å². The highest BCUT2D eigenvalue weighted by atomic mass is 35.5. The number of rotatable bonds is 3. The van der Waals surface area contributed by atoms with Gasteiger partial charge in [0.15, 0.2) is 0 Å². The Morgan fingerprint density at radius 2 is 2.00 bits per heavy atom. The van der Waals surface area contributed by atoms with Gasteiger partial charge in [0.25, 0.3) is 0 Å². The van der Waals surface area contributed by atoms with Crippen LogP contribution in [0, 0.1) is 5.82 Å². The number of nitrogen functional groups attached to an aromatic ring is 1. The van der Waals surface area contributed by atoms with Crippen LogP contribution in [0.15, 0.2) is 17.0 Å². The molecule has 1 aliphatic heterocycles. The van der Waals surface area contributed by atoms with Gasteiger partial charge in [-0.15, -0.1) is 0 Å². The van der Waals surface area contributed by atoms with Gasteiger partial charge in [-0.05, 0) is 25.0 Å². The zero-order chi connectivity index (χ0) is 14.0. The first kappa shape index (κ1) is 14.5. The third kappa shape index (κ3) is 3.36. The predicted octanol–water partition coefficient (Wildman–Crippen LogP) is 1.52. The number of sulfonamides is 1. The summed E-state index contributed by atoms with van der Waals surface area (Å²) in [5.74, 6) is -0.741. The Morgan fingerprint density at radius 1 is 1.37 bits per heavy atom. The molecule has 0 aromatic heterocycles. The van der Waals surface area contributed by atoms with Crippen molar-refractivity contribution < 1.29 is 17.5 Å². The molecule has 1 saturated heterocycles. The first-order chi connectivity index (χ1) is 8.90. The van der Waals surface area contributed by atoms with Crippen LogP contribution in [0.2, 0.25) is 5.02 Å². The van der Waals surface area contributed by atoms with Crippen LogP contribution >= 0.6 is 11.6 Å². The van der Waals surface area contributed by atoms with Gasteiger partial charge in [0.2, 0.25) is 10.0 Å². The summed E-state index contributed by atoms with van der Waals surface area (Å²) in [7, 11) is -3.81. The van der Waals surface area contributed by atoms with Crippen molar-refractivity contribution in [3.05, 3.63) is 23.0 Å². The summed E-state index contributed by atoms with van der Waals surface area (Å²) < 4.78 is 45.2. The Labute approximate surface area is 115 Å². The second kappa shape index (κ2) is 5.62. The third-order valence-electron chi connectivity index (χ3n) is 2.88. The van der Waals surface area contributed by atoms with Gasteiger partial charge in [-0.1, -0.05) is 11.6 Å². The lowest BCUT2D eigenvalue weighted by Gasteiger charge is -2.23. The number of nitrogens with one attached hydrogen (secondary N) is 1. The predicted molar refractivity (Wildman–Crippen MR) is 70.0 cm³/mol. The fourth-order valence-corrected chi connectivity index (χ4v) is 3.70. The minimum absolute atomic E-state index is 0.189. The van der Waals surface area contributed by atoms with Gasteiger partial charge in [-0.2, -0.15) is 0 Å². The molecule has 0 atom stereocenters. The van der Waals surface area contributed by atoms with Crippen molar-refractivity contribution in [2.75, 3.05) is 18.9 Å². The molecule has 1 aromatic rings. The molecule has 0 saturated carbocycles. The number of halogens is 2. The van der Waals surface area contributed by atoms with E-state index in [1.165, 1.54) is 0 Å². The first-order valence-corrected chi connectivity index (χ1v) is 7.61. The highest BCUT2D eigenvalue weighted by molar-refractivity contribution is 7.89. The smallest absolute Gasteiger partial charge is 0.242 e. The average molecular weight is 309 g/mol. The lowest BCUT2D eigenvalue weighted by molar-refractivity contribution is 0.0832. The van der Waals surface area contributed by atoms with Crippen LogP contribution in [0.5, 0.6) is 0 Å². The number of hydrogen-bond acceptors (Lipinski definition) is 4. The molecule has 1 aliphatic rings. The molecule has 0 aliphatic carbocycles. The van der Waals surface area contributed by atoms with E-state index in [-0.39, 0.29) is 21.6 Å². The molecule has 0 unspecified atom stereocenters. The molecule has 19 heavy (non-hydrogen) atoms. The van der Waals surface area contributed by atoms with E-state index in [1.807, 2.05) is 0 Å². The first-order valence-electron chi connectivity index (χ1n) is 5.75. The third-order valence-corrected chi connectivity index (χ3v) is 4.87. The summed E-state index contributed by atoms with van der Waals surface area (Å²) in [5.41, 5.74) is 5.12. The molecule has 1 heterocycles. The Bertz CT molecular complexity index is 574. The number of hydrogen-bond donors (Lipinski definition) is 2. The molecule has 5 nitrogen and oxygen atoms in total. The van der Waals surface area contributed by atoms with E-state index >= 15 is 0 Å². The van der Waals surface area contributed by atoms with Gasteiger partial charge >= 0.3 is 0 Å². The van der Waals surface area contributed by atoms with E-state index in [0.29, 0.717) is 26.1 Å². The van der Waals surface area contributed by atoms with Gasteiger partial charge in [0.05, 0.1) is 10.7 Å². The lowest BCUT2D eigenvalue weighted by atomic mass is 10.1. The molecular formula is C11H14ClFN2O3S. The summed E-state index contributed by atoms with van der Waals surface area (Å²) in [5, 5.41) is -0.189. The number of benzene rings is 1. The van der Waals surface area contributed by atoms with Crippen molar-refractivity contribution in [2.45, 2.75) is 23.8 Å². The van der Waals surface area contributed by atoms with E-state index in [4.69, 9.17) is 22.1 Å². The van der Waals surface area contributed by atoms with Crippen molar-refractivity contribution in [3.63, 3.8) is 0 Å². The molecule has 2 rings (SSSR count). The van der Waals surface area contributed by atoms with Crippen molar-refractivity contribution >= 4 is 27.3 Å². The highest BCUT2D eigenvalue weighted by Gasteiger charge is 2.25. The second-order valence-corrected chi connectivity index (χ2v) is 6.40. The summed E-state index contributed by atoms with van der Waals surface area (Å²) in [6.45, 7) is 1.01. The average Bonchev–Trinajstić information content (AvgIpc) is 2.34. The Morgan fingerprint density at radius 3 is 2.63 bits per heavy atom. The minimum atomic E-state index is -3.81. The molecule has 1 aromatic carbocycles. The summed E-state index contributed by atoms with van der Waals surface area (Å²) in [4.78, 5) is -0.209. The zero-order valence-corrected chi connectivity index (χ0v) is 11.6. The van der Waals surface area contributed by atoms with Crippen LogP contribution < -0.4 is 10.5 Å². The molecule has 8 heteroatoms. The SMILES string of the molecule is Nc1cc(S(=O)(=O)NC2CCOCC2)c(Cl)cc1F. The summed E-state index contributed by atoms with van der Waals surface area (Å²) in [6.07, 6.45) is 1.18. The van der Waals surface area contributed by atoms with E-state index in [9.17, 15) is 12.8 Å². The lowest BCUT2D eigenvalue weighted by Crippen LogP contribution is -2.39. The topological polar surface area (TPSA) is 81.4 Å². The fourth-order valence-electron chi connectivity index (χ4n) is 1.85. The molecule has 0 amide bonds. The van der Waals surface area contributed by atoms with E-state index < -0.39 is 15.8 Å². The molecule has 3 N–H and O–H groups in total. The quantitative estimate of drug-likeness (QED) is 0.830. The maximum Gasteiger partial charge on any atom is 0.242 e. The van der Waals surface area contributed by atoms with Crippen LogP contribution in [0.3, 0.4) is 0 Å². The standard InChI is InChI=1S/C11H14ClFN2O3S/c12-8-5-9(13)10(14)6-11(8)19(16,17)15-7-1-3-18-4-2-7/h5-7,15H,1-4,14H2. The Balaban J connectivity index is 2.26. The van der Waals surface area contributed by atoms with Crippen LogP contribution in [0.1, 0.15) is 12.8 Å². The van der Waals surface area contributed by atoms with Gasteiger partial charge in [-0.3, -0.25) is 0 Å². The minimum Gasteiger partial charge on any atom is -0.396 e. The monoisotopic (exact) mass is 308 g/mol. The fraction of sp³-hybridized carbons (Fsp3) is 0.455. The normalized spacial score (nSPS) is 17.6. The number of nitrogens with two attached hydrogens (primary N) is 1. The maximum absolute atomic E-state index is 13.2. The van der Waals surface area contributed by atoms with Gasteiger partial charge in [-0.25, -0.2) is 17.5 Å². The zero-order valence-electron chi connectivity index (χ0n) is 10.0. The van der Waals surface area contributed by atoms with Crippen molar-refractivity contribution in [3.8, 4) is 0 Å². The van der Waals surface area contributed by atoms with Crippen molar-refractivity contribution in [1.29, 1.82) is 0 Å². The Kier molecular flexibility index (Phi) is 4.29. The van der Waals surface area contributed by atoms with Crippen molar-refractivity contribution in [2.24, 2.45) is 0 Å². The van der Waals surface area contributed by atoms with Gasteiger partial charge < -0.3 is 10.5 Å². The van der Waals surface area contributed by atoms with Crippen molar-refractivity contribution in [1.82, 2.24) is 4.72 Å². The van der Waals surface area contributed by atoms with Crippen LogP contribution in [0.4, 0.5) is 10.1 Å². The van der Waals surface area contributed by atoms with Crippen LogP contribution in [-0.4, -0.2) is 27.7 Å². The molecule has 1 fully saturated rings. The summed E-state index contributed by atoms with van der Waals surface area (Å²) in [6, 6.07) is 1.72. The molecule has 0 bridgehead atoms. The second-order valence-electron chi connectivity index (χ2n) is 4.31. The summed E-state index contributed by atoms with van der Waals surface area (Å²) >= 11 is 5.76. The highest BCUT2D eigenvalue weighted by Crippen LogP contribution is 2.26. The van der Waals surface area contributed by atoms with E-state index in [1.54, 1.807) is 0 Å². The van der Waals surface area contributed by atoms with Crippen LogP contribution in [0.25, 0.3) is 0 Å². The maximum atomic E-state index is 13.2.